The van der Waals surface area contributed by atoms with E-state index in [1.54, 1.807) is 31.3 Å². The fourth-order valence-electron chi connectivity index (χ4n) is 1.36. The van der Waals surface area contributed by atoms with E-state index in [4.69, 9.17) is 0 Å². The van der Waals surface area contributed by atoms with E-state index in [2.05, 4.69) is 31.4 Å². The Morgan fingerprint density at radius 1 is 1.00 bits per heavy atom. The molecule has 18 heavy (non-hydrogen) atoms. The van der Waals surface area contributed by atoms with Crippen LogP contribution in [0.4, 0.5) is 0 Å². The maximum Gasteiger partial charge on any atom is 0.251 e. The Hall–Kier alpha value is -1.84. The third-order valence-corrected chi connectivity index (χ3v) is 2.42. The molecule has 0 aromatic heterocycles. The summed E-state index contributed by atoms with van der Waals surface area (Å²) in [6, 6.07) is 6.60. The zero-order valence-corrected chi connectivity index (χ0v) is 11.3. The van der Waals surface area contributed by atoms with Crippen LogP contribution in [0.15, 0.2) is 24.3 Å². The van der Waals surface area contributed by atoms with Gasteiger partial charge in [-0.15, -0.1) is 0 Å². The number of carbonyl (C=O) groups is 2. The highest BCUT2D eigenvalue weighted by molar-refractivity contribution is 5.97. The molecule has 4 nitrogen and oxygen atoms in total. The molecule has 0 saturated carbocycles. The normalized spacial score (nSPS) is 10.9. The van der Waals surface area contributed by atoms with Gasteiger partial charge in [-0.05, 0) is 29.7 Å². The molecule has 0 saturated heterocycles. The van der Waals surface area contributed by atoms with Crippen molar-refractivity contribution in [1.82, 2.24) is 10.6 Å². The maximum atomic E-state index is 11.8. The van der Waals surface area contributed by atoms with Gasteiger partial charge in [0.25, 0.3) is 11.8 Å². The van der Waals surface area contributed by atoms with Crippen molar-refractivity contribution >= 4 is 11.8 Å². The summed E-state index contributed by atoms with van der Waals surface area (Å²) in [6.45, 7) is 6.79. The summed E-state index contributed by atoms with van der Waals surface area (Å²) in [5.74, 6) is -0.273. The van der Waals surface area contributed by atoms with Gasteiger partial charge in [-0.2, -0.15) is 0 Å². The number of carbonyl (C=O) groups excluding carboxylic acids is 2. The van der Waals surface area contributed by atoms with E-state index in [0.717, 1.165) is 0 Å². The molecule has 0 bridgehead atoms. The topological polar surface area (TPSA) is 58.2 Å². The first-order chi connectivity index (χ1) is 8.33. The van der Waals surface area contributed by atoms with Gasteiger partial charge in [0.2, 0.25) is 0 Å². The minimum Gasteiger partial charge on any atom is -0.355 e. The lowest BCUT2D eigenvalue weighted by Crippen LogP contribution is -2.32. The monoisotopic (exact) mass is 248 g/mol. The number of nitrogens with one attached hydrogen (secondary N) is 2. The average molecular weight is 248 g/mol. The smallest absolute Gasteiger partial charge is 0.251 e. The van der Waals surface area contributed by atoms with Gasteiger partial charge in [-0.25, -0.2) is 0 Å². The summed E-state index contributed by atoms with van der Waals surface area (Å²) in [7, 11) is 1.58. The molecule has 2 amide bonds. The Kier molecular flexibility index (Phi) is 4.48. The van der Waals surface area contributed by atoms with Gasteiger partial charge < -0.3 is 10.6 Å². The van der Waals surface area contributed by atoms with Crippen molar-refractivity contribution in [2.45, 2.75) is 20.8 Å². The molecule has 0 atom stereocenters. The predicted octanol–water partition coefficient (Wildman–Crippen LogP) is 1.82. The van der Waals surface area contributed by atoms with Crippen LogP contribution in [0.5, 0.6) is 0 Å². The summed E-state index contributed by atoms with van der Waals surface area (Å²) in [6.07, 6.45) is 0. The molecule has 0 aliphatic heterocycles. The fraction of sp³-hybridized carbons (Fsp3) is 0.429. The molecule has 1 rings (SSSR count). The van der Waals surface area contributed by atoms with E-state index in [9.17, 15) is 9.59 Å². The van der Waals surface area contributed by atoms with Crippen molar-refractivity contribution in [2.75, 3.05) is 13.6 Å². The minimum absolute atomic E-state index is 0.0533. The first-order valence-corrected chi connectivity index (χ1v) is 5.94. The van der Waals surface area contributed by atoms with Crippen molar-refractivity contribution in [2.24, 2.45) is 5.41 Å². The van der Waals surface area contributed by atoms with E-state index in [0.29, 0.717) is 17.7 Å². The molecule has 0 fully saturated rings. The Bertz CT molecular complexity index is 430. The second-order valence-corrected chi connectivity index (χ2v) is 5.40. The molecule has 0 radical (unpaired) electrons. The lowest BCUT2D eigenvalue weighted by atomic mass is 9.97. The van der Waals surface area contributed by atoms with Crippen LogP contribution in [-0.4, -0.2) is 25.4 Å². The molecule has 4 heteroatoms. The zero-order valence-electron chi connectivity index (χ0n) is 11.3. The van der Waals surface area contributed by atoms with Gasteiger partial charge in [0, 0.05) is 24.7 Å². The number of hydrogen-bond acceptors (Lipinski definition) is 2. The predicted molar refractivity (Wildman–Crippen MR) is 71.6 cm³/mol. The summed E-state index contributed by atoms with van der Waals surface area (Å²) in [5, 5.41) is 5.40. The van der Waals surface area contributed by atoms with Crippen LogP contribution < -0.4 is 10.6 Å². The van der Waals surface area contributed by atoms with Crippen molar-refractivity contribution in [1.29, 1.82) is 0 Å². The second-order valence-electron chi connectivity index (χ2n) is 5.40. The molecule has 0 unspecified atom stereocenters. The molecule has 1 aromatic carbocycles. The molecule has 98 valence electrons. The van der Waals surface area contributed by atoms with Crippen LogP contribution in [0.2, 0.25) is 0 Å². The van der Waals surface area contributed by atoms with E-state index in [1.807, 2.05) is 0 Å². The molecule has 0 heterocycles. The molecular weight excluding hydrogens is 228 g/mol. The lowest BCUT2D eigenvalue weighted by Gasteiger charge is -2.18. The van der Waals surface area contributed by atoms with Crippen molar-refractivity contribution in [3.63, 3.8) is 0 Å². The van der Waals surface area contributed by atoms with Crippen molar-refractivity contribution < 1.29 is 9.59 Å². The molecular formula is C14H20N2O2. The van der Waals surface area contributed by atoms with Crippen LogP contribution >= 0.6 is 0 Å². The highest BCUT2D eigenvalue weighted by atomic mass is 16.2. The van der Waals surface area contributed by atoms with E-state index in [1.165, 1.54) is 0 Å². The van der Waals surface area contributed by atoms with Crippen LogP contribution in [0.3, 0.4) is 0 Å². The first kappa shape index (κ1) is 14.2. The molecule has 2 N–H and O–H groups in total. The van der Waals surface area contributed by atoms with Gasteiger partial charge >= 0.3 is 0 Å². The molecule has 0 aliphatic rings. The highest BCUT2D eigenvalue weighted by Crippen LogP contribution is 2.11. The quantitative estimate of drug-likeness (QED) is 0.857. The Morgan fingerprint density at radius 2 is 1.44 bits per heavy atom. The first-order valence-electron chi connectivity index (χ1n) is 5.94. The third kappa shape index (κ3) is 4.20. The van der Waals surface area contributed by atoms with E-state index >= 15 is 0 Å². The van der Waals surface area contributed by atoms with Crippen molar-refractivity contribution in [3.8, 4) is 0 Å². The van der Waals surface area contributed by atoms with Gasteiger partial charge in [0.1, 0.15) is 0 Å². The SMILES string of the molecule is CNC(=O)c1ccc(C(=O)NCC(C)(C)C)cc1. The van der Waals surface area contributed by atoms with Crippen LogP contribution in [0, 0.1) is 5.41 Å². The standard InChI is InChI=1S/C14H20N2O2/c1-14(2,3)9-16-13(18)11-7-5-10(6-8-11)12(17)15-4/h5-8H,9H2,1-4H3,(H,15,17)(H,16,18). The number of rotatable bonds is 3. The fourth-order valence-corrected chi connectivity index (χ4v) is 1.36. The van der Waals surface area contributed by atoms with Gasteiger partial charge in [0.15, 0.2) is 0 Å². The average Bonchev–Trinajstić information content (AvgIpc) is 2.34. The van der Waals surface area contributed by atoms with Crippen LogP contribution in [-0.2, 0) is 0 Å². The van der Waals surface area contributed by atoms with E-state index in [-0.39, 0.29) is 17.2 Å². The van der Waals surface area contributed by atoms with Crippen LogP contribution in [0.25, 0.3) is 0 Å². The van der Waals surface area contributed by atoms with Gasteiger partial charge in [0.05, 0.1) is 0 Å². The van der Waals surface area contributed by atoms with Gasteiger partial charge in [-0.1, -0.05) is 20.8 Å². The Balaban J connectivity index is 2.68. The largest absolute Gasteiger partial charge is 0.355 e. The minimum atomic E-state index is -0.156. The molecule has 1 aromatic rings. The number of amides is 2. The van der Waals surface area contributed by atoms with Crippen molar-refractivity contribution in [3.05, 3.63) is 35.4 Å². The van der Waals surface area contributed by atoms with E-state index < -0.39 is 0 Å². The Labute approximate surface area is 108 Å². The zero-order chi connectivity index (χ0) is 13.8. The number of benzene rings is 1. The summed E-state index contributed by atoms with van der Waals surface area (Å²) < 4.78 is 0. The highest BCUT2D eigenvalue weighted by Gasteiger charge is 2.13. The number of hydrogen-bond donors (Lipinski definition) is 2. The molecule has 0 aliphatic carbocycles. The van der Waals surface area contributed by atoms with Crippen LogP contribution in [0.1, 0.15) is 41.5 Å². The Morgan fingerprint density at radius 3 is 1.83 bits per heavy atom. The summed E-state index contributed by atoms with van der Waals surface area (Å²) in [5.41, 5.74) is 1.16. The third-order valence-electron chi connectivity index (χ3n) is 2.42. The summed E-state index contributed by atoms with van der Waals surface area (Å²) in [4.78, 5) is 23.2. The molecule has 0 spiro atoms. The van der Waals surface area contributed by atoms with Gasteiger partial charge in [-0.3, -0.25) is 9.59 Å². The summed E-state index contributed by atoms with van der Waals surface area (Å²) >= 11 is 0. The maximum absolute atomic E-state index is 11.8. The lowest BCUT2D eigenvalue weighted by molar-refractivity contribution is 0.0934. The second kappa shape index (κ2) is 5.67.